The molecule has 0 amide bonds. The van der Waals surface area contributed by atoms with Crippen LogP contribution < -0.4 is 0 Å². The minimum Gasteiger partial charge on any atom is -0.481 e. The van der Waals surface area contributed by atoms with Gasteiger partial charge in [-0.1, -0.05) is 0 Å². The Morgan fingerprint density at radius 3 is 2.81 bits per heavy atom. The standard InChI is InChI=1S/C15H24N4O2/c1-17-7-9-18(10-8-17)6-4-12-11-19-5-2-3-13(15(20)21)14(19)16-12/h11,13H,2-10H2,1H3,(H,20,21). The quantitative estimate of drug-likeness (QED) is 0.882. The molecule has 1 atom stereocenters. The Morgan fingerprint density at radius 1 is 1.33 bits per heavy atom. The Balaban J connectivity index is 1.61. The molecule has 1 N–H and O–H groups in total. The van der Waals surface area contributed by atoms with Crippen molar-refractivity contribution in [3.63, 3.8) is 0 Å². The zero-order chi connectivity index (χ0) is 14.8. The number of carbonyl (C=O) groups is 1. The van der Waals surface area contributed by atoms with Gasteiger partial charge in [-0.05, 0) is 19.9 Å². The van der Waals surface area contributed by atoms with Crippen molar-refractivity contribution in [2.24, 2.45) is 0 Å². The molecule has 1 saturated heterocycles. The molecule has 0 radical (unpaired) electrons. The molecule has 6 heteroatoms. The van der Waals surface area contributed by atoms with E-state index in [0.29, 0.717) is 6.42 Å². The maximum Gasteiger partial charge on any atom is 0.314 e. The third-order valence-corrected chi connectivity index (χ3v) is 4.64. The van der Waals surface area contributed by atoms with Crippen LogP contribution in [0.25, 0.3) is 0 Å². The molecule has 2 aliphatic heterocycles. The van der Waals surface area contributed by atoms with Crippen LogP contribution in [0, 0.1) is 0 Å². The monoisotopic (exact) mass is 292 g/mol. The molecule has 0 aromatic carbocycles. The number of nitrogens with zero attached hydrogens (tertiary/aromatic N) is 4. The molecule has 116 valence electrons. The second-order valence-electron chi connectivity index (χ2n) is 6.21. The first-order valence-corrected chi connectivity index (χ1v) is 7.83. The summed E-state index contributed by atoms with van der Waals surface area (Å²) in [4.78, 5) is 20.7. The Kier molecular flexibility index (Phi) is 4.26. The zero-order valence-corrected chi connectivity index (χ0v) is 12.7. The summed E-state index contributed by atoms with van der Waals surface area (Å²) in [5.41, 5.74) is 1.04. The molecule has 0 saturated carbocycles. The lowest BCUT2D eigenvalue weighted by molar-refractivity contribution is -0.139. The number of hydrogen-bond donors (Lipinski definition) is 1. The van der Waals surface area contributed by atoms with E-state index >= 15 is 0 Å². The molecule has 1 aromatic rings. The molecule has 2 aliphatic rings. The van der Waals surface area contributed by atoms with Crippen LogP contribution >= 0.6 is 0 Å². The van der Waals surface area contributed by atoms with Gasteiger partial charge in [-0.2, -0.15) is 0 Å². The predicted octanol–water partition coefficient (Wildman–Crippen LogP) is 0.635. The topological polar surface area (TPSA) is 61.6 Å². The smallest absolute Gasteiger partial charge is 0.314 e. The number of aliphatic carboxylic acids is 1. The van der Waals surface area contributed by atoms with E-state index in [1.54, 1.807) is 0 Å². The highest BCUT2D eigenvalue weighted by Gasteiger charge is 2.28. The fourth-order valence-corrected chi connectivity index (χ4v) is 3.24. The van der Waals surface area contributed by atoms with Gasteiger partial charge < -0.3 is 19.5 Å². The summed E-state index contributed by atoms with van der Waals surface area (Å²) in [6.07, 6.45) is 4.61. The lowest BCUT2D eigenvalue weighted by Gasteiger charge is -2.32. The van der Waals surface area contributed by atoms with Gasteiger partial charge in [0.1, 0.15) is 11.7 Å². The highest BCUT2D eigenvalue weighted by Crippen LogP contribution is 2.27. The van der Waals surface area contributed by atoms with E-state index in [1.807, 2.05) is 4.57 Å². The maximum absolute atomic E-state index is 11.3. The van der Waals surface area contributed by atoms with Crippen molar-refractivity contribution in [1.29, 1.82) is 0 Å². The van der Waals surface area contributed by atoms with Crippen LogP contribution in [0.5, 0.6) is 0 Å². The average molecular weight is 292 g/mol. The maximum atomic E-state index is 11.3. The van der Waals surface area contributed by atoms with Gasteiger partial charge >= 0.3 is 5.97 Å². The van der Waals surface area contributed by atoms with E-state index in [4.69, 9.17) is 0 Å². The van der Waals surface area contributed by atoms with Gasteiger partial charge in [0, 0.05) is 51.9 Å². The molecule has 3 rings (SSSR count). The minimum absolute atomic E-state index is 0.420. The summed E-state index contributed by atoms with van der Waals surface area (Å²) in [6, 6.07) is 0. The van der Waals surface area contributed by atoms with E-state index in [9.17, 15) is 9.90 Å². The van der Waals surface area contributed by atoms with Crippen molar-refractivity contribution >= 4 is 5.97 Å². The van der Waals surface area contributed by atoms with Gasteiger partial charge in [-0.15, -0.1) is 0 Å². The zero-order valence-electron chi connectivity index (χ0n) is 12.7. The number of aromatic nitrogens is 2. The second kappa shape index (κ2) is 6.15. The van der Waals surface area contributed by atoms with Crippen molar-refractivity contribution in [3.8, 4) is 0 Å². The molecule has 3 heterocycles. The number of carboxylic acid groups (broad SMARTS) is 1. The fourth-order valence-electron chi connectivity index (χ4n) is 3.24. The molecule has 1 fully saturated rings. The van der Waals surface area contributed by atoms with Crippen molar-refractivity contribution in [2.45, 2.75) is 31.7 Å². The number of fused-ring (bicyclic) bond motifs is 1. The summed E-state index contributed by atoms with van der Waals surface area (Å²) in [6.45, 7) is 6.40. The van der Waals surface area contributed by atoms with Gasteiger partial charge in [0.2, 0.25) is 0 Å². The second-order valence-corrected chi connectivity index (χ2v) is 6.21. The Bertz CT molecular complexity index is 506. The van der Waals surface area contributed by atoms with Gasteiger partial charge in [-0.3, -0.25) is 4.79 Å². The first-order valence-electron chi connectivity index (χ1n) is 7.83. The number of rotatable bonds is 4. The molecular formula is C15H24N4O2. The number of aryl methyl sites for hydroxylation is 1. The van der Waals surface area contributed by atoms with Crippen LogP contribution in [0.15, 0.2) is 6.20 Å². The van der Waals surface area contributed by atoms with Gasteiger partial charge in [-0.25, -0.2) is 4.98 Å². The molecule has 0 bridgehead atoms. The fraction of sp³-hybridized carbons (Fsp3) is 0.733. The van der Waals surface area contributed by atoms with Crippen LogP contribution in [0.3, 0.4) is 0 Å². The third-order valence-electron chi connectivity index (χ3n) is 4.64. The van der Waals surface area contributed by atoms with Crippen molar-refractivity contribution in [3.05, 3.63) is 17.7 Å². The summed E-state index contributed by atoms with van der Waals surface area (Å²) in [7, 11) is 2.16. The summed E-state index contributed by atoms with van der Waals surface area (Å²) in [5, 5.41) is 9.29. The predicted molar refractivity (Wildman–Crippen MR) is 79.5 cm³/mol. The van der Waals surface area contributed by atoms with Crippen LogP contribution in [0.1, 0.15) is 30.3 Å². The van der Waals surface area contributed by atoms with Crippen LogP contribution in [-0.4, -0.2) is 70.2 Å². The Hall–Kier alpha value is -1.40. The number of hydrogen-bond acceptors (Lipinski definition) is 4. The van der Waals surface area contributed by atoms with Gasteiger partial charge in [0.15, 0.2) is 0 Å². The minimum atomic E-state index is -0.743. The highest BCUT2D eigenvalue weighted by atomic mass is 16.4. The van der Waals surface area contributed by atoms with Crippen LogP contribution in [-0.2, 0) is 17.8 Å². The first-order chi connectivity index (χ1) is 10.1. The lowest BCUT2D eigenvalue weighted by atomic mass is 9.99. The van der Waals surface area contributed by atoms with Crippen LogP contribution in [0.2, 0.25) is 0 Å². The number of carboxylic acids is 1. The largest absolute Gasteiger partial charge is 0.481 e. The van der Waals surface area contributed by atoms with Gasteiger partial charge in [0.25, 0.3) is 0 Å². The van der Waals surface area contributed by atoms with Gasteiger partial charge in [0.05, 0.1) is 5.69 Å². The molecular weight excluding hydrogens is 268 g/mol. The van der Waals surface area contributed by atoms with E-state index in [2.05, 4.69) is 28.0 Å². The van der Waals surface area contributed by atoms with Crippen LogP contribution in [0.4, 0.5) is 0 Å². The summed E-state index contributed by atoms with van der Waals surface area (Å²) >= 11 is 0. The Morgan fingerprint density at radius 2 is 2.10 bits per heavy atom. The first kappa shape index (κ1) is 14.5. The number of likely N-dealkylation sites (N-methyl/N-ethyl adjacent to an activating group) is 1. The average Bonchev–Trinajstić information content (AvgIpc) is 2.89. The molecule has 1 aromatic heterocycles. The number of piperazine rings is 1. The summed E-state index contributed by atoms with van der Waals surface area (Å²) < 4.78 is 2.04. The lowest BCUT2D eigenvalue weighted by Crippen LogP contribution is -2.45. The van der Waals surface area contributed by atoms with E-state index in [1.165, 1.54) is 0 Å². The molecule has 21 heavy (non-hydrogen) atoms. The van der Waals surface area contributed by atoms with E-state index in [-0.39, 0.29) is 0 Å². The normalized spacial score (nSPS) is 24.0. The third kappa shape index (κ3) is 3.27. The number of imidazole rings is 1. The molecule has 1 unspecified atom stereocenters. The van der Waals surface area contributed by atoms with E-state index in [0.717, 1.165) is 63.6 Å². The van der Waals surface area contributed by atoms with Crippen molar-refractivity contribution < 1.29 is 9.90 Å². The molecule has 0 aliphatic carbocycles. The summed E-state index contributed by atoms with van der Waals surface area (Å²) in [5.74, 6) is -0.412. The van der Waals surface area contributed by atoms with Crippen molar-refractivity contribution in [1.82, 2.24) is 19.4 Å². The molecule has 6 nitrogen and oxygen atoms in total. The van der Waals surface area contributed by atoms with Crippen molar-refractivity contribution in [2.75, 3.05) is 39.8 Å². The SMILES string of the molecule is CN1CCN(CCc2cn3c(n2)C(C(=O)O)CCC3)CC1. The molecule has 0 spiro atoms. The van der Waals surface area contributed by atoms with E-state index < -0.39 is 11.9 Å². The Labute approximate surface area is 125 Å². The highest BCUT2D eigenvalue weighted by molar-refractivity contribution is 5.75.